The van der Waals surface area contributed by atoms with E-state index in [1.54, 1.807) is 18.1 Å². The van der Waals surface area contributed by atoms with Crippen LogP contribution in [0, 0.1) is 0 Å². The van der Waals surface area contributed by atoms with E-state index in [0.717, 1.165) is 43.4 Å². The van der Waals surface area contributed by atoms with Gasteiger partial charge in [-0.25, -0.2) is 4.98 Å². The van der Waals surface area contributed by atoms with Crippen molar-refractivity contribution >= 4 is 40.7 Å². The van der Waals surface area contributed by atoms with Crippen LogP contribution in [0.15, 0.2) is 24.4 Å². The summed E-state index contributed by atoms with van der Waals surface area (Å²) in [6, 6.07) is 5.87. The van der Waals surface area contributed by atoms with E-state index in [2.05, 4.69) is 51.4 Å². The standard InChI is InChI=1S/C27H39N7O4/c1-6-22-26(36)32(5)23-17-29-27(31-25(23)34(22)18(2)3)30-21-16-20(33-12-10-28-11-13-33)8-9-24(21)38-15-7-14-37-19(4)35/h8-9,16-18,22,28H,6-7,10-15H2,1-5H3,(H,29,30,31)/t22-/m1/s1. The van der Waals surface area contributed by atoms with E-state index in [1.807, 2.05) is 13.0 Å². The monoisotopic (exact) mass is 525 g/mol. The second-order valence-corrected chi connectivity index (χ2v) is 9.81. The molecule has 11 heteroatoms. The summed E-state index contributed by atoms with van der Waals surface area (Å²) in [5.74, 6) is 1.56. The van der Waals surface area contributed by atoms with Crippen molar-refractivity contribution in [1.82, 2.24) is 15.3 Å². The molecule has 1 fully saturated rings. The van der Waals surface area contributed by atoms with Crippen molar-refractivity contribution < 1.29 is 19.1 Å². The third-order valence-electron chi connectivity index (χ3n) is 6.79. The van der Waals surface area contributed by atoms with Crippen LogP contribution < -0.4 is 30.1 Å². The number of piperazine rings is 1. The van der Waals surface area contributed by atoms with Crippen molar-refractivity contribution in [2.75, 3.05) is 66.5 Å². The number of fused-ring (bicyclic) bond motifs is 1. The molecule has 1 aromatic carbocycles. The van der Waals surface area contributed by atoms with Gasteiger partial charge in [-0.15, -0.1) is 0 Å². The van der Waals surface area contributed by atoms with Crippen molar-refractivity contribution in [2.24, 2.45) is 0 Å². The number of likely N-dealkylation sites (N-methyl/N-ethyl adjacent to an activating group) is 1. The van der Waals surface area contributed by atoms with E-state index >= 15 is 0 Å². The van der Waals surface area contributed by atoms with Crippen LogP contribution in [0.25, 0.3) is 0 Å². The molecule has 4 rings (SSSR count). The molecule has 1 atom stereocenters. The highest BCUT2D eigenvalue weighted by Gasteiger charge is 2.38. The van der Waals surface area contributed by atoms with Crippen molar-refractivity contribution in [2.45, 2.75) is 52.6 Å². The van der Waals surface area contributed by atoms with Gasteiger partial charge in [-0.1, -0.05) is 6.92 Å². The smallest absolute Gasteiger partial charge is 0.302 e. The molecule has 2 aliphatic heterocycles. The van der Waals surface area contributed by atoms with Crippen LogP contribution in [0.3, 0.4) is 0 Å². The molecule has 11 nitrogen and oxygen atoms in total. The minimum atomic E-state index is -0.301. The summed E-state index contributed by atoms with van der Waals surface area (Å²) >= 11 is 0. The Morgan fingerprint density at radius 2 is 2.00 bits per heavy atom. The lowest BCUT2D eigenvalue weighted by atomic mass is 10.1. The highest BCUT2D eigenvalue weighted by molar-refractivity contribution is 6.04. The number of esters is 1. The summed E-state index contributed by atoms with van der Waals surface area (Å²) in [6.07, 6.45) is 2.96. The van der Waals surface area contributed by atoms with Crippen LogP contribution in [0.4, 0.5) is 28.8 Å². The maximum absolute atomic E-state index is 13.0. The number of ether oxygens (including phenoxy) is 2. The fourth-order valence-electron chi connectivity index (χ4n) is 4.88. The summed E-state index contributed by atoms with van der Waals surface area (Å²) in [5, 5.41) is 6.76. The Morgan fingerprint density at radius 3 is 2.68 bits per heavy atom. The number of rotatable bonds is 10. The number of carbonyl (C=O) groups is 2. The number of hydrogen-bond donors (Lipinski definition) is 2. The van der Waals surface area contributed by atoms with Gasteiger partial charge in [0, 0.05) is 58.3 Å². The zero-order valence-corrected chi connectivity index (χ0v) is 23.0. The lowest BCUT2D eigenvalue weighted by Gasteiger charge is -2.42. The summed E-state index contributed by atoms with van der Waals surface area (Å²) in [6.45, 7) is 11.9. The average molecular weight is 526 g/mol. The predicted molar refractivity (Wildman–Crippen MR) is 149 cm³/mol. The summed E-state index contributed by atoms with van der Waals surface area (Å²) in [4.78, 5) is 39.5. The Bertz CT molecular complexity index is 1140. The van der Waals surface area contributed by atoms with Gasteiger partial charge in [-0.3, -0.25) is 9.59 Å². The zero-order chi connectivity index (χ0) is 27.2. The number of amides is 1. The second-order valence-electron chi connectivity index (χ2n) is 9.81. The first kappa shape index (κ1) is 27.4. The van der Waals surface area contributed by atoms with E-state index in [0.29, 0.717) is 43.4 Å². The number of nitrogens with zero attached hydrogens (tertiary/aromatic N) is 5. The van der Waals surface area contributed by atoms with Crippen molar-refractivity contribution in [3.63, 3.8) is 0 Å². The van der Waals surface area contributed by atoms with Gasteiger partial charge >= 0.3 is 5.97 Å². The molecule has 0 saturated carbocycles. The van der Waals surface area contributed by atoms with Gasteiger partial charge in [-0.05, 0) is 38.5 Å². The van der Waals surface area contributed by atoms with Gasteiger partial charge in [0.2, 0.25) is 11.9 Å². The zero-order valence-electron chi connectivity index (χ0n) is 23.0. The Balaban J connectivity index is 1.62. The quantitative estimate of drug-likeness (QED) is 0.355. The summed E-state index contributed by atoms with van der Waals surface area (Å²) in [7, 11) is 1.77. The van der Waals surface area contributed by atoms with Gasteiger partial charge in [0.25, 0.3) is 0 Å². The lowest BCUT2D eigenvalue weighted by Crippen LogP contribution is -2.54. The fourth-order valence-corrected chi connectivity index (χ4v) is 4.88. The normalized spacial score (nSPS) is 17.5. The van der Waals surface area contributed by atoms with Crippen molar-refractivity contribution in [1.29, 1.82) is 0 Å². The predicted octanol–water partition coefficient (Wildman–Crippen LogP) is 2.93. The molecule has 2 aliphatic rings. The molecular weight excluding hydrogens is 486 g/mol. The van der Waals surface area contributed by atoms with E-state index in [-0.39, 0.29) is 24.0 Å². The van der Waals surface area contributed by atoms with E-state index < -0.39 is 0 Å². The largest absolute Gasteiger partial charge is 0.491 e. The van der Waals surface area contributed by atoms with Crippen LogP contribution in [0.2, 0.25) is 0 Å². The number of hydrogen-bond acceptors (Lipinski definition) is 10. The second kappa shape index (κ2) is 12.3. The number of aromatic nitrogens is 2. The number of nitrogens with one attached hydrogen (secondary N) is 2. The molecule has 1 aromatic heterocycles. The fraction of sp³-hybridized carbons (Fsp3) is 0.556. The molecule has 1 saturated heterocycles. The van der Waals surface area contributed by atoms with Gasteiger partial charge in [-0.2, -0.15) is 4.98 Å². The highest BCUT2D eigenvalue weighted by Crippen LogP contribution is 2.38. The molecule has 3 heterocycles. The van der Waals surface area contributed by atoms with Gasteiger partial charge in [0.05, 0.1) is 25.1 Å². The molecule has 0 unspecified atom stereocenters. The number of anilines is 5. The molecule has 206 valence electrons. The third-order valence-corrected chi connectivity index (χ3v) is 6.79. The molecule has 38 heavy (non-hydrogen) atoms. The third kappa shape index (κ3) is 6.09. The van der Waals surface area contributed by atoms with Crippen LogP contribution in [-0.2, 0) is 14.3 Å². The van der Waals surface area contributed by atoms with Crippen LogP contribution in [0.1, 0.15) is 40.5 Å². The van der Waals surface area contributed by atoms with Gasteiger partial charge in [0.1, 0.15) is 17.5 Å². The number of benzene rings is 1. The van der Waals surface area contributed by atoms with Crippen molar-refractivity contribution in [3.8, 4) is 5.75 Å². The van der Waals surface area contributed by atoms with Crippen molar-refractivity contribution in [3.05, 3.63) is 24.4 Å². The first-order chi connectivity index (χ1) is 18.3. The molecule has 0 aliphatic carbocycles. The average Bonchev–Trinajstić information content (AvgIpc) is 2.91. The van der Waals surface area contributed by atoms with E-state index in [9.17, 15) is 9.59 Å². The van der Waals surface area contributed by atoms with Crippen LogP contribution >= 0.6 is 0 Å². The Kier molecular flexibility index (Phi) is 8.88. The van der Waals surface area contributed by atoms with E-state index in [4.69, 9.17) is 14.5 Å². The highest BCUT2D eigenvalue weighted by atomic mass is 16.5. The molecule has 0 spiro atoms. The summed E-state index contributed by atoms with van der Waals surface area (Å²) < 4.78 is 11.1. The lowest BCUT2D eigenvalue weighted by molar-refractivity contribution is -0.141. The maximum Gasteiger partial charge on any atom is 0.302 e. The molecule has 2 aromatic rings. The minimum absolute atomic E-state index is 0.0474. The maximum atomic E-state index is 13.0. The van der Waals surface area contributed by atoms with Crippen LogP contribution in [-0.4, -0.2) is 80.4 Å². The number of carbonyl (C=O) groups excluding carboxylic acids is 2. The molecule has 0 radical (unpaired) electrons. The van der Waals surface area contributed by atoms with Crippen LogP contribution in [0.5, 0.6) is 5.75 Å². The molecule has 2 N–H and O–H groups in total. The Hall–Kier alpha value is -3.60. The molecule has 1 amide bonds. The topological polar surface area (TPSA) is 112 Å². The van der Waals surface area contributed by atoms with Gasteiger partial charge in [0.15, 0.2) is 5.82 Å². The molecular formula is C27H39N7O4. The first-order valence-electron chi connectivity index (χ1n) is 13.4. The minimum Gasteiger partial charge on any atom is -0.491 e. The first-order valence-corrected chi connectivity index (χ1v) is 13.4. The molecule has 0 bridgehead atoms. The summed E-state index contributed by atoms with van der Waals surface area (Å²) in [5.41, 5.74) is 2.52. The SMILES string of the molecule is CC[C@@H]1C(=O)N(C)c2cnc(Nc3cc(N4CCNCC4)ccc3OCCCOC(C)=O)nc2N1C(C)C. The van der Waals surface area contributed by atoms with E-state index in [1.165, 1.54) is 6.92 Å². The van der Waals surface area contributed by atoms with Gasteiger partial charge < -0.3 is 34.8 Å². The Morgan fingerprint density at radius 1 is 1.24 bits per heavy atom. The Labute approximate surface area is 224 Å².